The van der Waals surface area contributed by atoms with Crippen LogP contribution in [0, 0.1) is 11.6 Å². The molecule has 4 aromatic heterocycles. The van der Waals surface area contributed by atoms with Crippen LogP contribution in [0.2, 0.25) is 10.0 Å². The van der Waals surface area contributed by atoms with Crippen molar-refractivity contribution >= 4 is 79.9 Å². The van der Waals surface area contributed by atoms with Crippen molar-refractivity contribution < 1.29 is 28.6 Å². The standard InChI is InChI=1S/2C17H9ClFN3O2S/c18-10-6-13-12(7-11(10)19)20-8-22(13)17-21-14(15(25-17)16(23)24)9-4-2-1-3-5-9;18-10-6-12-13(7-11(10)19)22(8-20-12)17-21-14(15(25-17)16(23)24)9-4-2-1-3-5-9/h2*1-8H,(H,23,24). The number of aromatic carboxylic acids is 2. The lowest BCUT2D eigenvalue weighted by Gasteiger charge is -2.00. The molecule has 8 rings (SSSR count). The number of imidazole rings is 2. The van der Waals surface area contributed by atoms with Crippen LogP contribution >= 0.6 is 45.9 Å². The molecule has 0 saturated heterocycles. The van der Waals surface area contributed by atoms with E-state index in [-0.39, 0.29) is 19.8 Å². The number of rotatable bonds is 6. The Hall–Kier alpha value is -5.54. The normalized spacial score (nSPS) is 11.1. The number of halogens is 4. The van der Waals surface area contributed by atoms with Crippen molar-refractivity contribution in [1.82, 2.24) is 29.1 Å². The fourth-order valence-electron chi connectivity index (χ4n) is 5.01. The van der Waals surface area contributed by atoms with Crippen LogP contribution in [0.4, 0.5) is 8.78 Å². The van der Waals surface area contributed by atoms with Crippen molar-refractivity contribution in [3.63, 3.8) is 0 Å². The van der Waals surface area contributed by atoms with Gasteiger partial charge >= 0.3 is 11.9 Å². The number of hydrogen-bond acceptors (Lipinski definition) is 8. The first-order chi connectivity index (χ1) is 24.1. The maximum Gasteiger partial charge on any atom is 0.348 e. The van der Waals surface area contributed by atoms with Crippen LogP contribution in [-0.4, -0.2) is 51.2 Å². The summed E-state index contributed by atoms with van der Waals surface area (Å²) in [6.07, 6.45) is 2.94. The average molecular weight is 748 g/mol. The molecule has 0 unspecified atom stereocenters. The van der Waals surface area contributed by atoms with Gasteiger partial charge in [-0.15, -0.1) is 0 Å². The van der Waals surface area contributed by atoms with Crippen LogP contribution in [0.25, 0.3) is 54.8 Å². The van der Waals surface area contributed by atoms with Gasteiger partial charge in [0.2, 0.25) is 0 Å². The Morgan fingerprint density at radius 2 is 1.04 bits per heavy atom. The molecule has 0 aliphatic rings. The van der Waals surface area contributed by atoms with Gasteiger partial charge in [-0.3, -0.25) is 9.13 Å². The van der Waals surface area contributed by atoms with E-state index >= 15 is 0 Å². The quantitative estimate of drug-likeness (QED) is 0.172. The third-order valence-corrected chi connectivity index (χ3v) is 9.97. The zero-order valence-electron chi connectivity index (χ0n) is 25.0. The number of aromatic nitrogens is 6. The first kappa shape index (κ1) is 33.0. The predicted octanol–water partition coefficient (Wildman–Crippen LogP) is 9.28. The molecular weight excluding hydrogens is 729 g/mol. The van der Waals surface area contributed by atoms with E-state index in [0.717, 1.165) is 22.7 Å². The highest BCUT2D eigenvalue weighted by Crippen LogP contribution is 2.34. The molecule has 2 N–H and O–H groups in total. The van der Waals surface area contributed by atoms with Crippen LogP contribution < -0.4 is 0 Å². The maximum absolute atomic E-state index is 13.8. The molecule has 4 heterocycles. The Labute approximate surface area is 298 Å². The third kappa shape index (κ3) is 6.20. The minimum absolute atomic E-state index is 0.0203. The molecule has 0 aliphatic heterocycles. The van der Waals surface area contributed by atoms with E-state index in [2.05, 4.69) is 19.9 Å². The van der Waals surface area contributed by atoms with Crippen LogP contribution in [0.1, 0.15) is 19.3 Å². The van der Waals surface area contributed by atoms with Crippen molar-refractivity contribution in [2.45, 2.75) is 0 Å². The van der Waals surface area contributed by atoms with Gasteiger partial charge in [0, 0.05) is 23.3 Å². The number of fused-ring (bicyclic) bond motifs is 2. The summed E-state index contributed by atoms with van der Waals surface area (Å²) >= 11 is 13.7. The number of carboxylic acid groups (broad SMARTS) is 2. The number of hydrogen-bond donors (Lipinski definition) is 2. The highest BCUT2D eigenvalue weighted by atomic mass is 35.5. The summed E-state index contributed by atoms with van der Waals surface area (Å²) in [4.78, 5) is 40.7. The Balaban J connectivity index is 0.000000157. The molecule has 0 spiro atoms. The maximum atomic E-state index is 13.8. The number of nitrogens with zero attached hydrogens (tertiary/aromatic N) is 6. The molecule has 0 radical (unpaired) electrons. The molecule has 4 aromatic carbocycles. The van der Waals surface area contributed by atoms with Gasteiger partial charge in [0.05, 0.1) is 43.5 Å². The molecule has 248 valence electrons. The topological polar surface area (TPSA) is 136 Å². The summed E-state index contributed by atoms with van der Waals surface area (Å²) in [7, 11) is 0. The van der Waals surface area contributed by atoms with Gasteiger partial charge in [0.1, 0.15) is 34.0 Å². The molecule has 0 bridgehead atoms. The second-order valence-corrected chi connectivity index (χ2v) is 13.2. The lowest BCUT2D eigenvalue weighted by molar-refractivity contribution is 0.0691. The van der Waals surface area contributed by atoms with E-state index in [1.54, 1.807) is 33.4 Å². The smallest absolute Gasteiger partial charge is 0.348 e. The molecule has 0 amide bonds. The van der Waals surface area contributed by atoms with Crippen LogP contribution in [0.15, 0.2) is 97.6 Å². The summed E-state index contributed by atoms with van der Waals surface area (Å²) in [5.74, 6) is -3.26. The Morgan fingerprint density at radius 3 is 1.52 bits per heavy atom. The second kappa shape index (κ2) is 13.4. The van der Waals surface area contributed by atoms with Gasteiger partial charge in [0.25, 0.3) is 0 Å². The SMILES string of the molecule is O=C(O)c1sc(-n2cnc3cc(Cl)c(F)cc32)nc1-c1ccccc1.O=C(O)c1sc(-n2cnc3cc(F)c(Cl)cc32)nc1-c1ccccc1. The number of benzene rings is 4. The van der Waals surface area contributed by atoms with Gasteiger partial charge in [-0.05, 0) is 12.1 Å². The van der Waals surface area contributed by atoms with Crippen LogP contribution in [0.5, 0.6) is 0 Å². The van der Waals surface area contributed by atoms with Crippen LogP contribution in [0.3, 0.4) is 0 Å². The number of carbonyl (C=O) groups is 2. The van der Waals surface area contributed by atoms with Crippen molar-refractivity contribution in [1.29, 1.82) is 0 Å². The van der Waals surface area contributed by atoms with E-state index in [4.69, 9.17) is 23.2 Å². The van der Waals surface area contributed by atoms with Crippen molar-refractivity contribution in [3.8, 4) is 32.8 Å². The molecule has 10 nitrogen and oxygen atoms in total. The third-order valence-electron chi connectivity index (χ3n) is 7.31. The van der Waals surface area contributed by atoms with E-state index < -0.39 is 23.6 Å². The first-order valence-corrected chi connectivity index (χ1v) is 16.7. The average Bonchev–Trinajstić information content (AvgIpc) is 3.91. The van der Waals surface area contributed by atoms with E-state index in [1.807, 2.05) is 36.4 Å². The number of carboxylic acids is 2. The fraction of sp³-hybridized carbons (Fsp3) is 0. The Bertz CT molecular complexity index is 2390. The van der Waals surface area contributed by atoms with Gasteiger partial charge < -0.3 is 10.2 Å². The summed E-state index contributed by atoms with van der Waals surface area (Å²) in [5.41, 5.74) is 4.07. The molecule has 16 heteroatoms. The largest absolute Gasteiger partial charge is 0.477 e. The Kier molecular flexibility index (Phi) is 8.84. The van der Waals surface area contributed by atoms with Gasteiger partial charge in [0.15, 0.2) is 10.3 Å². The van der Waals surface area contributed by atoms with Crippen molar-refractivity contribution in [2.24, 2.45) is 0 Å². The number of thiazole rings is 2. The van der Waals surface area contributed by atoms with Crippen molar-refractivity contribution in [2.75, 3.05) is 0 Å². The summed E-state index contributed by atoms with van der Waals surface area (Å²) in [6, 6.07) is 23.5. The van der Waals surface area contributed by atoms with Crippen molar-refractivity contribution in [3.05, 3.63) is 129 Å². The van der Waals surface area contributed by atoms with Gasteiger partial charge in [-0.1, -0.05) is 107 Å². The molecule has 8 aromatic rings. The zero-order valence-corrected chi connectivity index (χ0v) is 28.1. The first-order valence-electron chi connectivity index (χ1n) is 14.3. The van der Waals surface area contributed by atoms with Crippen LogP contribution in [-0.2, 0) is 0 Å². The predicted molar refractivity (Wildman–Crippen MR) is 188 cm³/mol. The highest BCUT2D eigenvalue weighted by molar-refractivity contribution is 7.16. The molecular formula is C34H18Cl2F2N6O4S2. The molecule has 0 fully saturated rings. The molecule has 50 heavy (non-hydrogen) atoms. The fourth-order valence-corrected chi connectivity index (χ4v) is 7.15. The minimum atomic E-state index is -1.07. The Morgan fingerprint density at radius 1 is 0.620 bits per heavy atom. The van der Waals surface area contributed by atoms with Gasteiger partial charge in [-0.25, -0.2) is 38.3 Å². The van der Waals surface area contributed by atoms with Gasteiger partial charge in [-0.2, -0.15) is 0 Å². The summed E-state index contributed by atoms with van der Waals surface area (Å²) in [6.45, 7) is 0. The lowest BCUT2D eigenvalue weighted by Crippen LogP contribution is -1.95. The molecule has 0 aliphatic carbocycles. The van der Waals surface area contributed by atoms with E-state index in [1.165, 1.54) is 36.9 Å². The molecule has 0 atom stereocenters. The summed E-state index contributed by atoms with van der Waals surface area (Å²) in [5, 5.41) is 19.8. The second-order valence-electron chi connectivity index (χ2n) is 10.4. The highest BCUT2D eigenvalue weighted by Gasteiger charge is 2.22. The lowest BCUT2D eigenvalue weighted by atomic mass is 10.1. The molecule has 0 saturated carbocycles. The van der Waals surface area contributed by atoms with E-state index in [0.29, 0.717) is 54.8 Å². The zero-order chi connectivity index (χ0) is 35.1. The summed E-state index contributed by atoms with van der Waals surface area (Å²) < 4.78 is 30.6. The minimum Gasteiger partial charge on any atom is -0.477 e. The van der Waals surface area contributed by atoms with E-state index in [9.17, 15) is 28.6 Å². The monoisotopic (exact) mass is 746 g/mol.